The number of likely N-dealkylation sites (tertiary alicyclic amines) is 1. The van der Waals surface area contributed by atoms with Crippen molar-refractivity contribution in [2.75, 3.05) is 43.4 Å². The summed E-state index contributed by atoms with van der Waals surface area (Å²) < 4.78 is 13.9. The summed E-state index contributed by atoms with van der Waals surface area (Å²) in [6.45, 7) is 5.32. The van der Waals surface area contributed by atoms with Crippen LogP contribution in [-0.4, -0.2) is 87.4 Å². The number of piperazine rings is 1. The van der Waals surface area contributed by atoms with Gasteiger partial charge in [0.25, 0.3) is 11.8 Å². The molecule has 39 heavy (non-hydrogen) atoms. The maximum absolute atomic E-state index is 13.9. The van der Waals surface area contributed by atoms with E-state index in [0.717, 1.165) is 44.7 Å². The molecule has 1 saturated carbocycles. The number of carbonyl (C=O) groups is 2. The highest BCUT2D eigenvalue weighted by atomic mass is 35.5. The molecule has 3 fully saturated rings. The molecule has 0 bridgehead atoms. The summed E-state index contributed by atoms with van der Waals surface area (Å²) in [6.07, 6.45) is 4.38. The van der Waals surface area contributed by atoms with Gasteiger partial charge in [0.2, 0.25) is 0 Å². The van der Waals surface area contributed by atoms with Crippen molar-refractivity contribution in [3.05, 3.63) is 38.6 Å². The van der Waals surface area contributed by atoms with Gasteiger partial charge in [-0.1, -0.05) is 41.7 Å². The first-order chi connectivity index (χ1) is 18.7. The minimum absolute atomic E-state index is 0.0189. The van der Waals surface area contributed by atoms with Crippen LogP contribution in [0, 0.1) is 5.82 Å². The van der Waals surface area contributed by atoms with Crippen molar-refractivity contribution in [1.82, 2.24) is 30.1 Å². The summed E-state index contributed by atoms with van der Waals surface area (Å²) in [5, 5.41) is 2.57. The maximum Gasteiger partial charge on any atom is 0.274 e. The number of nitrogens with one attached hydrogen (secondary N) is 1. The molecule has 4 heterocycles. The molecule has 0 aromatic carbocycles. The van der Waals surface area contributed by atoms with Gasteiger partial charge in [-0.25, -0.2) is 19.3 Å². The number of hydrogen-bond donors (Lipinski definition) is 2. The Hall–Kier alpha value is -2.47. The van der Waals surface area contributed by atoms with Gasteiger partial charge in [0, 0.05) is 50.8 Å². The van der Waals surface area contributed by atoms with Crippen LogP contribution in [0.25, 0.3) is 0 Å². The van der Waals surface area contributed by atoms with Gasteiger partial charge in [0.1, 0.15) is 5.15 Å². The lowest BCUT2D eigenvalue weighted by atomic mass is 9.97. The highest BCUT2D eigenvalue weighted by molar-refractivity contribution is 6.34. The fraction of sp³-hybridized carbons (Fsp3) is 0.560. The van der Waals surface area contributed by atoms with E-state index in [2.05, 4.69) is 37.0 Å². The zero-order valence-corrected chi connectivity index (χ0v) is 23.7. The van der Waals surface area contributed by atoms with Gasteiger partial charge < -0.3 is 20.9 Å². The lowest BCUT2D eigenvalue weighted by molar-refractivity contribution is 0.0490. The number of amides is 2. The number of hydrogen-bond acceptors (Lipinski definition) is 8. The highest BCUT2D eigenvalue weighted by Gasteiger charge is 2.36. The van der Waals surface area contributed by atoms with E-state index in [1.165, 1.54) is 0 Å². The first-order valence-corrected chi connectivity index (χ1v) is 14.2. The average Bonchev–Trinajstić information content (AvgIpc) is 3.75. The number of carbonyl (C=O) groups excluding carboxylic acids is 2. The molecule has 3 aliphatic rings. The zero-order valence-electron chi connectivity index (χ0n) is 21.5. The molecule has 10 nitrogen and oxygen atoms in total. The Kier molecular flexibility index (Phi) is 8.32. The Labute approximate surface area is 241 Å². The summed E-state index contributed by atoms with van der Waals surface area (Å²) in [4.78, 5) is 44.1. The van der Waals surface area contributed by atoms with Crippen LogP contribution in [-0.2, 0) is 0 Å². The van der Waals surface area contributed by atoms with Crippen LogP contribution >= 0.6 is 34.8 Å². The van der Waals surface area contributed by atoms with Crippen molar-refractivity contribution in [3.63, 3.8) is 0 Å². The van der Waals surface area contributed by atoms with E-state index in [9.17, 15) is 14.0 Å². The molecule has 2 saturated heterocycles. The summed E-state index contributed by atoms with van der Waals surface area (Å²) in [7, 11) is 0. The van der Waals surface area contributed by atoms with E-state index in [4.69, 9.17) is 40.5 Å². The summed E-state index contributed by atoms with van der Waals surface area (Å²) in [5.41, 5.74) is 6.18. The Morgan fingerprint density at radius 1 is 1.03 bits per heavy atom. The van der Waals surface area contributed by atoms with Crippen LogP contribution in [0.5, 0.6) is 0 Å². The lowest BCUT2D eigenvalue weighted by Gasteiger charge is -2.47. The van der Waals surface area contributed by atoms with Gasteiger partial charge in [-0.05, 0) is 38.2 Å². The second kappa shape index (κ2) is 11.6. The molecule has 3 N–H and O–H groups in total. The number of anilines is 2. The van der Waals surface area contributed by atoms with Crippen molar-refractivity contribution in [3.8, 4) is 0 Å². The number of nitrogen functional groups attached to an aromatic ring is 1. The van der Waals surface area contributed by atoms with Gasteiger partial charge in [0.05, 0.1) is 5.56 Å². The number of nitrogens with two attached hydrogens (primary N) is 1. The monoisotopic (exact) mass is 598 g/mol. The zero-order chi connectivity index (χ0) is 27.8. The first-order valence-electron chi connectivity index (χ1n) is 13.1. The number of pyridine rings is 1. The molecule has 14 heteroatoms. The smallest absolute Gasteiger partial charge is 0.274 e. The Bertz CT molecular complexity index is 1270. The second-order valence-electron chi connectivity index (χ2n) is 10.2. The molecule has 0 unspecified atom stereocenters. The highest BCUT2D eigenvalue weighted by Crippen LogP contribution is 2.31. The molecule has 210 valence electrons. The number of aromatic nitrogens is 3. The minimum atomic E-state index is -0.773. The van der Waals surface area contributed by atoms with Crippen LogP contribution in [0.4, 0.5) is 16.0 Å². The largest absolute Gasteiger partial charge is 0.382 e. The van der Waals surface area contributed by atoms with Crippen molar-refractivity contribution in [2.24, 2.45) is 0 Å². The van der Waals surface area contributed by atoms with Gasteiger partial charge >= 0.3 is 0 Å². The normalized spacial score (nSPS) is 20.8. The van der Waals surface area contributed by atoms with Crippen molar-refractivity contribution in [2.45, 2.75) is 57.2 Å². The summed E-state index contributed by atoms with van der Waals surface area (Å²) in [5.74, 6) is -0.923. The predicted octanol–water partition coefficient (Wildman–Crippen LogP) is 3.65. The Morgan fingerprint density at radius 2 is 1.74 bits per heavy atom. The van der Waals surface area contributed by atoms with Crippen molar-refractivity contribution in [1.29, 1.82) is 0 Å². The van der Waals surface area contributed by atoms with Gasteiger partial charge in [-0.15, -0.1) is 0 Å². The van der Waals surface area contributed by atoms with E-state index < -0.39 is 5.82 Å². The molecular weight excluding hydrogens is 570 g/mol. The van der Waals surface area contributed by atoms with Gasteiger partial charge in [0.15, 0.2) is 33.5 Å². The van der Waals surface area contributed by atoms with Gasteiger partial charge in [-0.2, -0.15) is 0 Å². The first kappa shape index (κ1) is 28.1. The van der Waals surface area contributed by atoms with Crippen LogP contribution in [0.3, 0.4) is 0 Å². The predicted molar refractivity (Wildman–Crippen MR) is 148 cm³/mol. The Morgan fingerprint density at radius 3 is 2.41 bits per heavy atom. The molecule has 0 radical (unpaired) electrons. The quantitative estimate of drug-likeness (QED) is 0.483. The minimum Gasteiger partial charge on any atom is -0.382 e. The molecule has 2 aromatic rings. The summed E-state index contributed by atoms with van der Waals surface area (Å²) in [6, 6.07) is 1.74. The molecule has 2 amide bonds. The third-order valence-electron chi connectivity index (χ3n) is 7.63. The third kappa shape index (κ3) is 6.01. The topological polar surface area (TPSA) is 121 Å². The van der Waals surface area contributed by atoms with E-state index in [1.807, 2.05) is 0 Å². The van der Waals surface area contributed by atoms with E-state index in [1.54, 1.807) is 4.90 Å². The number of rotatable bonds is 6. The third-order valence-corrected chi connectivity index (χ3v) is 8.43. The van der Waals surface area contributed by atoms with Crippen LogP contribution < -0.4 is 16.0 Å². The number of nitrogens with zero attached hydrogens (tertiary/aromatic N) is 6. The lowest BCUT2D eigenvalue weighted by Crippen LogP contribution is -2.58. The van der Waals surface area contributed by atoms with E-state index in [-0.39, 0.29) is 62.5 Å². The SMILES string of the molecule is CC[C@H]1CN(c2nc(N)c(C(=O)NC3CC3)nc2Cl)CCN1C1CCN(C(=O)c2cc(F)c(Cl)nc2Cl)CC1. The van der Waals surface area contributed by atoms with Crippen molar-refractivity contribution >= 4 is 58.3 Å². The molecule has 5 rings (SSSR count). The fourth-order valence-corrected chi connectivity index (χ4v) is 5.99. The van der Waals surface area contributed by atoms with Crippen molar-refractivity contribution < 1.29 is 14.0 Å². The molecule has 0 spiro atoms. The van der Waals surface area contributed by atoms with Crippen LogP contribution in [0.2, 0.25) is 15.5 Å². The number of halogens is 4. The Balaban J connectivity index is 1.21. The molecular formula is C25H30Cl3FN8O2. The van der Waals surface area contributed by atoms with E-state index >= 15 is 0 Å². The standard InChI is InChI=1S/C25H30Cl3FN8O2/c1-2-14-12-36(23-21(28)32-18(22(30)34-23)24(38)31-13-3-4-13)9-10-37(14)15-5-7-35(8-6-15)25(39)16-11-17(29)20(27)33-19(16)26/h11,13-15H,2-10,12H2,1H3,(H2,30,34)(H,31,38)/t14-/m0/s1. The molecule has 1 aliphatic carbocycles. The summed E-state index contributed by atoms with van der Waals surface area (Å²) >= 11 is 18.2. The average molecular weight is 600 g/mol. The fourth-order valence-electron chi connectivity index (χ4n) is 5.34. The maximum atomic E-state index is 13.9. The number of piperidine rings is 1. The van der Waals surface area contributed by atoms with Crippen LogP contribution in [0.15, 0.2) is 6.07 Å². The van der Waals surface area contributed by atoms with E-state index in [0.29, 0.717) is 32.0 Å². The molecule has 2 aromatic heterocycles. The molecule has 1 atom stereocenters. The van der Waals surface area contributed by atoms with Gasteiger partial charge in [-0.3, -0.25) is 14.5 Å². The second-order valence-corrected chi connectivity index (χ2v) is 11.3. The molecule has 2 aliphatic heterocycles. The van der Waals surface area contributed by atoms with Crippen LogP contribution in [0.1, 0.15) is 59.9 Å².